The van der Waals surface area contributed by atoms with Crippen LogP contribution in [0.1, 0.15) is 18.9 Å². The summed E-state index contributed by atoms with van der Waals surface area (Å²) in [6.07, 6.45) is 1.61. The standard InChI is InChI=1S/C14H22F2N2/c1-3-11(9-17-2)10-18-7-6-12-8-13(15)4-5-14(12)16/h4-5,8,11,17-18H,3,6-7,9-10H2,1-2H3. The van der Waals surface area contributed by atoms with Gasteiger partial charge in [-0.3, -0.25) is 0 Å². The lowest BCUT2D eigenvalue weighted by Crippen LogP contribution is -2.30. The first kappa shape index (κ1) is 15.1. The van der Waals surface area contributed by atoms with Crippen molar-refractivity contribution in [1.29, 1.82) is 0 Å². The smallest absolute Gasteiger partial charge is 0.126 e. The largest absolute Gasteiger partial charge is 0.319 e. The summed E-state index contributed by atoms with van der Waals surface area (Å²) < 4.78 is 26.3. The number of hydrogen-bond acceptors (Lipinski definition) is 2. The molecule has 18 heavy (non-hydrogen) atoms. The molecule has 1 unspecified atom stereocenters. The van der Waals surface area contributed by atoms with E-state index in [2.05, 4.69) is 17.6 Å². The molecule has 0 saturated carbocycles. The zero-order chi connectivity index (χ0) is 13.4. The predicted octanol–water partition coefficient (Wildman–Crippen LogP) is 2.34. The summed E-state index contributed by atoms with van der Waals surface area (Å²) in [7, 11) is 1.94. The van der Waals surface area contributed by atoms with Crippen LogP contribution in [0.15, 0.2) is 18.2 Å². The van der Waals surface area contributed by atoms with Crippen LogP contribution in [0.4, 0.5) is 8.78 Å². The summed E-state index contributed by atoms with van der Waals surface area (Å²) in [4.78, 5) is 0. The lowest BCUT2D eigenvalue weighted by molar-refractivity contribution is 0.445. The van der Waals surface area contributed by atoms with Gasteiger partial charge in [0.15, 0.2) is 0 Å². The SMILES string of the molecule is CCC(CNC)CNCCc1cc(F)ccc1F. The molecule has 1 aromatic carbocycles. The third kappa shape index (κ3) is 5.10. The van der Waals surface area contributed by atoms with Gasteiger partial charge in [0.1, 0.15) is 11.6 Å². The van der Waals surface area contributed by atoms with E-state index in [1.54, 1.807) is 0 Å². The first-order valence-corrected chi connectivity index (χ1v) is 6.46. The Bertz CT molecular complexity index is 356. The van der Waals surface area contributed by atoms with Crippen LogP contribution in [0.3, 0.4) is 0 Å². The van der Waals surface area contributed by atoms with Crippen LogP contribution in [-0.2, 0) is 6.42 Å². The van der Waals surface area contributed by atoms with Crippen molar-refractivity contribution in [1.82, 2.24) is 10.6 Å². The summed E-state index contributed by atoms with van der Waals surface area (Å²) in [5.74, 6) is -0.138. The molecule has 0 spiro atoms. The fraction of sp³-hybridized carbons (Fsp3) is 0.571. The second-order valence-corrected chi connectivity index (χ2v) is 4.52. The monoisotopic (exact) mass is 256 g/mol. The van der Waals surface area contributed by atoms with Crippen LogP contribution in [-0.4, -0.2) is 26.7 Å². The third-order valence-corrected chi connectivity index (χ3v) is 3.08. The molecule has 0 fully saturated rings. The first-order valence-electron chi connectivity index (χ1n) is 6.46. The lowest BCUT2D eigenvalue weighted by atomic mass is 10.1. The number of benzene rings is 1. The van der Waals surface area contributed by atoms with E-state index in [0.29, 0.717) is 24.4 Å². The van der Waals surface area contributed by atoms with Gasteiger partial charge < -0.3 is 10.6 Å². The maximum absolute atomic E-state index is 13.3. The van der Waals surface area contributed by atoms with Gasteiger partial charge in [0.25, 0.3) is 0 Å². The Labute approximate surface area is 108 Å². The van der Waals surface area contributed by atoms with Crippen molar-refractivity contribution in [3.8, 4) is 0 Å². The molecule has 2 N–H and O–H groups in total. The number of halogens is 2. The highest BCUT2D eigenvalue weighted by atomic mass is 19.1. The number of hydrogen-bond donors (Lipinski definition) is 2. The third-order valence-electron chi connectivity index (χ3n) is 3.08. The van der Waals surface area contributed by atoms with Gasteiger partial charge in [-0.1, -0.05) is 13.3 Å². The van der Waals surface area contributed by atoms with E-state index in [9.17, 15) is 8.78 Å². The Hall–Kier alpha value is -1.00. The molecule has 0 bridgehead atoms. The highest BCUT2D eigenvalue weighted by Crippen LogP contribution is 2.09. The van der Waals surface area contributed by atoms with E-state index < -0.39 is 0 Å². The van der Waals surface area contributed by atoms with E-state index >= 15 is 0 Å². The molecule has 1 aromatic rings. The summed E-state index contributed by atoms with van der Waals surface area (Å²) in [5.41, 5.74) is 0.434. The average Bonchev–Trinajstić information content (AvgIpc) is 2.37. The zero-order valence-corrected chi connectivity index (χ0v) is 11.1. The molecular formula is C14H22F2N2. The fourth-order valence-electron chi connectivity index (χ4n) is 1.91. The van der Waals surface area contributed by atoms with Crippen LogP contribution >= 0.6 is 0 Å². The molecule has 2 nitrogen and oxygen atoms in total. The van der Waals surface area contributed by atoms with E-state index in [-0.39, 0.29) is 11.6 Å². The molecule has 0 aliphatic rings. The predicted molar refractivity (Wildman–Crippen MR) is 70.6 cm³/mol. The maximum atomic E-state index is 13.3. The molecule has 0 saturated heterocycles. The van der Waals surface area contributed by atoms with E-state index in [1.807, 2.05) is 7.05 Å². The zero-order valence-electron chi connectivity index (χ0n) is 11.1. The molecule has 0 heterocycles. The number of rotatable bonds is 8. The second-order valence-electron chi connectivity index (χ2n) is 4.52. The molecule has 0 aromatic heterocycles. The van der Waals surface area contributed by atoms with Crippen molar-refractivity contribution in [3.63, 3.8) is 0 Å². The molecule has 1 atom stereocenters. The van der Waals surface area contributed by atoms with Gasteiger partial charge in [-0.05, 0) is 62.8 Å². The molecule has 102 valence electrons. The van der Waals surface area contributed by atoms with Gasteiger partial charge in [0.2, 0.25) is 0 Å². The van der Waals surface area contributed by atoms with Crippen molar-refractivity contribution >= 4 is 0 Å². The van der Waals surface area contributed by atoms with Crippen molar-refractivity contribution in [2.24, 2.45) is 5.92 Å². The van der Waals surface area contributed by atoms with Gasteiger partial charge in [-0.15, -0.1) is 0 Å². The lowest BCUT2D eigenvalue weighted by Gasteiger charge is -2.15. The van der Waals surface area contributed by atoms with E-state index in [4.69, 9.17) is 0 Å². The molecular weight excluding hydrogens is 234 g/mol. The van der Waals surface area contributed by atoms with Gasteiger partial charge >= 0.3 is 0 Å². The molecule has 0 aliphatic carbocycles. The quantitative estimate of drug-likeness (QED) is 0.698. The highest BCUT2D eigenvalue weighted by Gasteiger charge is 2.06. The topological polar surface area (TPSA) is 24.1 Å². The minimum absolute atomic E-state index is 0.333. The second kappa shape index (κ2) is 8.16. The minimum atomic E-state index is -0.381. The van der Waals surface area contributed by atoms with Crippen LogP contribution < -0.4 is 10.6 Å². The Morgan fingerprint density at radius 3 is 2.67 bits per heavy atom. The van der Waals surface area contributed by atoms with Crippen molar-refractivity contribution in [2.45, 2.75) is 19.8 Å². The summed E-state index contributed by atoms with van der Waals surface area (Å²) in [6.45, 7) is 4.68. The van der Waals surface area contributed by atoms with Gasteiger partial charge in [-0.2, -0.15) is 0 Å². The molecule has 1 rings (SSSR count). The Morgan fingerprint density at radius 1 is 1.22 bits per heavy atom. The Kier molecular flexibility index (Phi) is 6.83. The first-order chi connectivity index (χ1) is 8.67. The van der Waals surface area contributed by atoms with Gasteiger partial charge in [0, 0.05) is 0 Å². The number of nitrogens with one attached hydrogen (secondary N) is 2. The molecule has 0 radical (unpaired) electrons. The van der Waals surface area contributed by atoms with Crippen molar-refractivity contribution in [3.05, 3.63) is 35.4 Å². The van der Waals surface area contributed by atoms with Crippen LogP contribution in [0.25, 0.3) is 0 Å². The van der Waals surface area contributed by atoms with Crippen molar-refractivity contribution in [2.75, 3.05) is 26.7 Å². The highest BCUT2D eigenvalue weighted by molar-refractivity contribution is 5.18. The maximum Gasteiger partial charge on any atom is 0.126 e. The van der Waals surface area contributed by atoms with E-state index in [1.165, 1.54) is 12.1 Å². The summed E-state index contributed by atoms with van der Waals surface area (Å²) in [6, 6.07) is 3.59. The minimum Gasteiger partial charge on any atom is -0.319 e. The Morgan fingerprint density at radius 2 is 2.00 bits per heavy atom. The van der Waals surface area contributed by atoms with Crippen LogP contribution in [0.5, 0.6) is 0 Å². The molecule has 4 heteroatoms. The Balaban J connectivity index is 2.31. The summed E-state index contributed by atoms with van der Waals surface area (Å²) in [5, 5.41) is 6.43. The summed E-state index contributed by atoms with van der Waals surface area (Å²) >= 11 is 0. The van der Waals surface area contributed by atoms with Gasteiger partial charge in [0.05, 0.1) is 0 Å². The van der Waals surface area contributed by atoms with Gasteiger partial charge in [-0.25, -0.2) is 8.78 Å². The molecule has 0 amide bonds. The fourth-order valence-corrected chi connectivity index (χ4v) is 1.91. The normalized spacial score (nSPS) is 12.7. The van der Waals surface area contributed by atoms with Crippen LogP contribution in [0.2, 0.25) is 0 Å². The van der Waals surface area contributed by atoms with Crippen LogP contribution in [0, 0.1) is 17.6 Å². The van der Waals surface area contributed by atoms with E-state index in [0.717, 1.165) is 25.6 Å². The molecule has 0 aliphatic heterocycles. The van der Waals surface area contributed by atoms with Crippen molar-refractivity contribution < 1.29 is 8.78 Å². The average molecular weight is 256 g/mol.